The number of carbonyl (C=O) groups is 2. The fourth-order valence-electron chi connectivity index (χ4n) is 3.79. The lowest BCUT2D eigenvalue weighted by molar-refractivity contribution is -0.384. The van der Waals surface area contributed by atoms with Crippen LogP contribution in [0.25, 0.3) is 5.76 Å². The molecule has 0 bridgehead atoms. The first-order valence-corrected chi connectivity index (χ1v) is 10.7. The van der Waals surface area contributed by atoms with E-state index in [0.717, 1.165) is 13.1 Å². The van der Waals surface area contributed by atoms with Gasteiger partial charge in [0.15, 0.2) is 0 Å². The zero-order valence-corrected chi connectivity index (χ0v) is 18.6. The first-order chi connectivity index (χ1) is 15.3. The van der Waals surface area contributed by atoms with E-state index in [0.29, 0.717) is 23.7 Å². The highest BCUT2D eigenvalue weighted by molar-refractivity contribution is 6.46. The van der Waals surface area contributed by atoms with Gasteiger partial charge in [-0.25, -0.2) is 0 Å². The minimum Gasteiger partial charge on any atom is -0.507 e. The number of Topliss-reactive ketones (excluding diaryl/α,β-unsaturated/α-hetero) is 1. The summed E-state index contributed by atoms with van der Waals surface area (Å²) in [5.41, 5.74) is 0.661. The summed E-state index contributed by atoms with van der Waals surface area (Å²) in [5.74, 6) is -1.86. The predicted molar refractivity (Wildman–Crippen MR) is 121 cm³/mol. The van der Waals surface area contributed by atoms with Gasteiger partial charge in [0.05, 0.1) is 16.5 Å². The van der Waals surface area contributed by atoms with Crippen LogP contribution >= 0.6 is 11.6 Å². The van der Waals surface area contributed by atoms with Crippen LogP contribution in [0.1, 0.15) is 31.0 Å². The second kappa shape index (κ2) is 9.93. The van der Waals surface area contributed by atoms with Crippen molar-refractivity contribution in [1.82, 2.24) is 9.80 Å². The maximum absolute atomic E-state index is 13.0. The molecule has 1 N–H and O–H groups in total. The molecule has 8 nitrogen and oxygen atoms in total. The standard InChI is InChI=1S/C23H24ClN3O5/c1-3-25(4-2)13-14-26-20(15-5-9-17(24)10-6-15)19(22(29)23(26)30)21(28)16-7-11-18(12-8-16)27(31)32/h5-12,20,28H,3-4,13-14H2,1-2H3/t20-/m1/s1. The molecule has 0 unspecified atom stereocenters. The van der Waals surface area contributed by atoms with E-state index in [9.17, 15) is 24.8 Å². The van der Waals surface area contributed by atoms with E-state index in [4.69, 9.17) is 11.6 Å². The zero-order valence-electron chi connectivity index (χ0n) is 17.8. The molecule has 2 aromatic rings. The number of nitro groups is 1. The van der Waals surface area contributed by atoms with Gasteiger partial charge >= 0.3 is 0 Å². The van der Waals surface area contributed by atoms with Crippen molar-refractivity contribution in [3.8, 4) is 0 Å². The normalized spacial score (nSPS) is 17.9. The molecule has 0 saturated carbocycles. The summed E-state index contributed by atoms with van der Waals surface area (Å²) in [5, 5.41) is 22.4. The van der Waals surface area contributed by atoms with Crippen LogP contribution in [0.5, 0.6) is 0 Å². The van der Waals surface area contributed by atoms with Crippen LogP contribution in [0.2, 0.25) is 5.02 Å². The molecular weight excluding hydrogens is 434 g/mol. The monoisotopic (exact) mass is 457 g/mol. The molecule has 1 heterocycles. The van der Waals surface area contributed by atoms with Crippen LogP contribution in [-0.4, -0.2) is 57.7 Å². The number of halogens is 1. The summed E-state index contributed by atoms with van der Waals surface area (Å²) in [7, 11) is 0. The number of likely N-dealkylation sites (tertiary alicyclic amines) is 1. The molecule has 1 amide bonds. The van der Waals surface area contributed by atoms with Crippen LogP contribution in [0.4, 0.5) is 5.69 Å². The van der Waals surface area contributed by atoms with Crippen LogP contribution < -0.4 is 0 Å². The number of benzene rings is 2. The fourth-order valence-corrected chi connectivity index (χ4v) is 3.91. The summed E-state index contributed by atoms with van der Waals surface area (Å²) in [6.07, 6.45) is 0. The van der Waals surface area contributed by atoms with E-state index >= 15 is 0 Å². The van der Waals surface area contributed by atoms with E-state index in [1.807, 2.05) is 13.8 Å². The Morgan fingerprint density at radius 3 is 2.22 bits per heavy atom. The Balaban J connectivity index is 2.08. The van der Waals surface area contributed by atoms with Gasteiger partial charge in [0.2, 0.25) is 0 Å². The highest BCUT2D eigenvalue weighted by atomic mass is 35.5. The zero-order chi connectivity index (χ0) is 23.4. The molecule has 3 rings (SSSR count). The summed E-state index contributed by atoms with van der Waals surface area (Å²) in [6.45, 7) is 6.51. The first-order valence-electron chi connectivity index (χ1n) is 10.3. The van der Waals surface area contributed by atoms with Gasteiger partial charge in [-0.1, -0.05) is 37.6 Å². The van der Waals surface area contributed by atoms with E-state index in [1.54, 1.807) is 24.3 Å². The van der Waals surface area contributed by atoms with Gasteiger partial charge in [0, 0.05) is 35.8 Å². The molecular formula is C23H24ClN3O5. The number of amides is 1. The second-order valence-corrected chi connectivity index (χ2v) is 7.81. The Kier molecular flexibility index (Phi) is 7.27. The number of nitrogens with zero attached hydrogens (tertiary/aromatic N) is 3. The number of nitro benzene ring substituents is 1. The summed E-state index contributed by atoms with van der Waals surface area (Å²) in [4.78, 5) is 39.9. The van der Waals surface area contributed by atoms with E-state index in [-0.39, 0.29) is 22.6 Å². The minimum absolute atomic E-state index is 0.0503. The molecule has 0 radical (unpaired) electrons. The van der Waals surface area contributed by atoms with Crippen molar-refractivity contribution in [1.29, 1.82) is 0 Å². The molecule has 2 aromatic carbocycles. The smallest absolute Gasteiger partial charge is 0.295 e. The van der Waals surface area contributed by atoms with Gasteiger partial charge in [-0.3, -0.25) is 19.7 Å². The molecule has 1 fully saturated rings. The summed E-state index contributed by atoms with van der Waals surface area (Å²) >= 11 is 6.02. The van der Waals surface area contributed by atoms with Gasteiger partial charge in [0.1, 0.15) is 5.76 Å². The number of carbonyl (C=O) groups excluding carboxylic acids is 2. The molecule has 1 saturated heterocycles. The van der Waals surface area contributed by atoms with Crippen LogP contribution in [-0.2, 0) is 9.59 Å². The first kappa shape index (κ1) is 23.4. The van der Waals surface area contributed by atoms with Gasteiger partial charge in [-0.2, -0.15) is 0 Å². The van der Waals surface area contributed by atoms with Crippen molar-refractivity contribution in [2.75, 3.05) is 26.2 Å². The van der Waals surface area contributed by atoms with Gasteiger partial charge in [-0.05, 0) is 42.9 Å². The molecule has 1 aliphatic rings. The maximum Gasteiger partial charge on any atom is 0.295 e. The van der Waals surface area contributed by atoms with Gasteiger partial charge in [0.25, 0.3) is 17.4 Å². The Hall–Kier alpha value is -3.23. The third-order valence-corrected chi connectivity index (χ3v) is 5.88. The Morgan fingerprint density at radius 1 is 1.09 bits per heavy atom. The fraction of sp³-hybridized carbons (Fsp3) is 0.304. The third kappa shape index (κ3) is 4.66. The molecule has 1 atom stereocenters. The van der Waals surface area contributed by atoms with Crippen molar-refractivity contribution in [3.05, 3.63) is 80.4 Å². The maximum atomic E-state index is 13.0. The molecule has 32 heavy (non-hydrogen) atoms. The summed E-state index contributed by atoms with van der Waals surface area (Å²) < 4.78 is 0. The highest BCUT2D eigenvalue weighted by Crippen LogP contribution is 2.39. The SMILES string of the molecule is CCN(CC)CCN1C(=O)C(=O)C(=C(O)c2ccc([N+](=O)[O-])cc2)[C@H]1c1ccc(Cl)cc1. The lowest BCUT2D eigenvalue weighted by Gasteiger charge is -2.28. The van der Waals surface area contributed by atoms with Crippen LogP contribution in [0.3, 0.4) is 0 Å². The van der Waals surface area contributed by atoms with E-state index < -0.39 is 22.7 Å². The Morgan fingerprint density at radius 2 is 1.69 bits per heavy atom. The number of aliphatic hydroxyl groups is 1. The molecule has 1 aliphatic heterocycles. The van der Waals surface area contributed by atoms with Crippen molar-refractivity contribution in [3.63, 3.8) is 0 Å². The number of aliphatic hydroxyl groups excluding tert-OH is 1. The van der Waals surface area contributed by atoms with Crippen molar-refractivity contribution >= 4 is 34.7 Å². The average Bonchev–Trinajstić information content (AvgIpc) is 3.04. The third-order valence-electron chi connectivity index (χ3n) is 5.63. The molecule has 0 aliphatic carbocycles. The Bertz CT molecular complexity index is 1050. The quantitative estimate of drug-likeness (QED) is 0.211. The van der Waals surface area contributed by atoms with Crippen molar-refractivity contribution in [2.45, 2.75) is 19.9 Å². The highest BCUT2D eigenvalue weighted by Gasteiger charge is 2.45. The number of non-ortho nitro benzene ring substituents is 1. The minimum atomic E-state index is -0.793. The molecule has 0 spiro atoms. The summed E-state index contributed by atoms with van der Waals surface area (Å²) in [6, 6.07) is 11.1. The molecule has 168 valence electrons. The molecule has 0 aromatic heterocycles. The van der Waals surface area contributed by atoms with Crippen LogP contribution in [0, 0.1) is 10.1 Å². The van der Waals surface area contributed by atoms with Gasteiger partial charge < -0.3 is 14.9 Å². The second-order valence-electron chi connectivity index (χ2n) is 7.37. The Labute approximate surface area is 190 Å². The number of rotatable bonds is 8. The average molecular weight is 458 g/mol. The van der Waals surface area contributed by atoms with Crippen molar-refractivity contribution in [2.24, 2.45) is 0 Å². The lowest BCUT2D eigenvalue weighted by Crippen LogP contribution is -2.38. The number of hydrogen-bond donors (Lipinski definition) is 1. The number of likely N-dealkylation sites (N-methyl/N-ethyl adjacent to an activating group) is 1. The molecule has 9 heteroatoms. The van der Waals surface area contributed by atoms with Gasteiger partial charge in [-0.15, -0.1) is 0 Å². The topological polar surface area (TPSA) is 104 Å². The number of hydrogen-bond acceptors (Lipinski definition) is 6. The van der Waals surface area contributed by atoms with E-state index in [2.05, 4.69) is 4.90 Å². The van der Waals surface area contributed by atoms with Crippen molar-refractivity contribution < 1.29 is 19.6 Å². The van der Waals surface area contributed by atoms with E-state index in [1.165, 1.54) is 29.2 Å². The van der Waals surface area contributed by atoms with Crippen LogP contribution in [0.15, 0.2) is 54.1 Å². The predicted octanol–water partition coefficient (Wildman–Crippen LogP) is 4.01. The number of ketones is 1. The largest absolute Gasteiger partial charge is 0.507 e. The lowest BCUT2D eigenvalue weighted by atomic mass is 9.95.